The molecular formula is C27H44O7. The lowest BCUT2D eigenvalue weighted by atomic mass is 9.43. The van der Waals surface area contributed by atoms with Crippen LogP contribution in [0.4, 0.5) is 4.79 Å². The lowest BCUT2D eigenvalue weighted by Crippen LogP contribution is -2.64. The van der Waals surface area contributed by atoms with Gasteiger partial charge in [0.1, 0.15) is 0 Å². The van der Waals surface area contributed by atoms with E-state index >= 15 is 0 Å². The van der Waals surface area contributed by atoms with Gasteiger partial charge in [0.05, 0.1) is 24.9 Å². The van der Waals surface area contributed by atoms with Crippen LogP contribution in [-0.2, 0) is 14.3 Å². The number of fused-ring (bicyclic) bond motifs is 5. The van der Waals surface area contributed by atoms with Gasteiger partial charge >= 0.3 is 12.1 Å². The first-order chi connectivity index (χ1) is 16.0. The highest BCUT2D eigenvalue weighted by molar-refractivity contribution is 5.81. The minimum Gasteiger partial charge on any atom is -0.434 e. The van der Waals surface area contributed by atoms with E-state index in [1.165, 1.54) is 0 Å². The fourth-order valence-electron chi connectivity index (χ4n) is 9.05. The highest BCUT2D eigenvalue weighted by atomic mass is 16.7. The van der Waals surface area contributed by atoms with Gasteiger partial charge in [-0.05, 0) is 105 Å². The molecule has 0 aliphatic heterocycles. The molecule has 0 aromatic heterocycles. The van der Waals surface area contributed by atoms with Crippen molar-refractivity contribution in [2.75, 3.05) is 6.61 Å². The second-order valence-electron chi connectivity index (χ2n) is 12.2. The van der Waals surface area contributed by atoms with Crippen LogP contribution < -0.4 is 0 Å². The fourth-order valence-corrected chi connectivity index (χ4v) is 9.05. The van der Waals surface area contributed by atoms with Crippen molar-refractivity contribution in [3.63, 3.8) is 0 Å². The molecule has 0 heterocycles. The smallest absolute Gasteiger partial charge is 0.434 e. The molecule has 3 N–H and O–H groups in total. The van der Waals surface area contributed by atoms with Crippen molar-refractivity contribution >= 4 is 12.1 Å². The lowest BCUT2D eigenvalue weighted by molar-refractivity contribution is -0.223. The van der Waals surface area contributed by atoms with Gasteiger partial charge in [-0.1, -0.05) is 20.8 Å². The van der Waals surface area contributed by atoms with E-state index in [2.05, 4.69) is 25.5 Å². The van der Waals surface area contributed by atoms with Gasteiger partial charge in [-0.25, -0.2) is 4.79 Å². The van der Waals surface area contributed by atoms with Crippen LogP contribution in [0.3, 0.4) is 0 Å². The standard InChI is InChI=1S/C27H44O7/c1-5-33-25(32)34-21(29)9-6-15(2)17-7-8-18-22-19(11-13-26(17,18)3)27(4)12-10-16(28)14-20(27)23(30)24(22)31/h15-20,22-24,28,30-31H,5-14H2,1-4H3/t15-,16-,17-,18+,19+,20+,22+,23-,24+,26-,27-/m1/s1. The molecule has 4 saturated carbocycles. The summed E-state index contributed by atoms with van der Waals surface area (Å²) in [6, 6.07) is 0. The third-order valence-corrected chi connectivity index (χ3v) is 10.7. The monoisotopic (exact) mass is 480 g/mol. The number of aliphatic hydroxyl groups excluding tert-OH is 3. The summed E-state index contributed by atoms with van der Waals surface area (Å²) in [5, 5.41) is 32.8. The Bertz CT molecular complexity index is 770. The van der Waals surface area contributed by atoms with Gasteiger partial charge in [0.15, 0.2) is 0 Å². The van der Waals surface area contributed by atoms with Gasteiger partial charge in [0, 0.05) is 6.42 Å². The van der Waals surface area contributed by atoms with Crippen LogP contribution in [0.25, 0.3) is 0 Å². The SMILES string of the molecule is CCOC(=O)OC(=O)CC[C@@H](C)[C@H]1CC[C@H]2[C@@H]3[C@H](O)[C@H](O)[C@@H]4C[C@H](O)CC[C@]4(C)[C@H]3CC[C@]12C. The van der Waals surface area contributed by atoms with E-state index in [-0.39, 0.29) is 41.8 Å². The van der Waals surface area contributed by atoms with Crippen LogP contribution in [0.5, 0.6) is 0 Å². The molecule has 4 aliphatic carbocycles. The number of carbonyl (C=O) groups is 2. The second-order valence-corrected chi connectivity index (χ2v) is 12.2. The van der Waals surface area contributed by atoms with Crippen molar-refractivity contribution in [3.05, 3.63) is 0 Å². The molecule has 7 nitrogen and oxygen atoms in total. The molecule has 7 heteroatoms. The maximum absolute atomic E-state index is 12.1. The topological polar surface area (TPSA) is 113 Å². The number of esters is 1. The quantitative estimate of drug-likeness (QED) is 0.402. The summed E-state index contributed by atoms with van der Waals surface area (Å²) >= 11 is 0. The van der Waals surface area contributed by atoms with Crippen molar-refractivity contribution in [2.45, 2.75) is 104 Å². The molecule has 0 radical (unpaired) electrons. The van der Waals surface area contributed by atoms with E-state index in [0.29, 0.717) is 36.5 Å². The Morgan fingerprint density at radius 2 is 1.62 bits per heavy atom. The molecule has 0 aromatic carbocycles. The van der Waals surface area contributed by atoms with Gasteiger partial charge in [-0.3, -0.25) is 4.79 Å². The highest BCUT2D eigenvalue weighted by Gasteiger charge is 2.65. The first-order valence-corrected chi connectivity index (χ1v) is 13.4. The number of carbonyl (C=O) groups excluding carboxylic acids is 2. The summed E-state index contributed by atoms with van der Waals surface area (Å²) in [5.41, 5.74) is 0.0220. The molecule has 34 heavy (non-hydrogen) atoms. The molecule has 4 aliphatic rings. The van der Waals surface area contributed by atoms with Gasteiger partial charge in [-0.2, -0.15) is 0 Å². The summed E-state index contributed by atoms with van der Waals surface area (Å²) in [5.74, 6) is 0.930. The third-order valence-electron chi connectivity index (χ3n) is 10.7. The Kier molecular flexibility index (Phi) is 7.39. The Balaban J connectivity index is 1.45. The molecule has 0 amide bonds. The second kappa shape index (κ2) is 9.70. The summed E-state index contributed by atoms with van der Waals surface area (Å²) in [6.07, 6.45) is 4.51. The number of hydrogen-bond acceptors (Lipinski definition) is 7. The van der Waals surface area contributed by atoms with Crippen LogP contribution in [0, 0.1) is 46.3 Å². The van der Waals surface area contributed by atoms with E-state index in [1.54, 1.807) is 6.92 Å². The van der Waals surface area contributed by atoms with Crippen molar-refractivity contribution < 1.29 is 34.4 Å². The summed E-state index contributed by atoms with van der Waals surface area (Å²) < 4.78 is 9.41. The molecule has 0 saturated heterocycles. The molecule has 11 atom stereocenters. The average molecular weight is 481 g/mol. The van der Waals surface area contributed by atoms with Crippen LogP contribution in [0.15, 0.2) is 0 Å². The van der Waals surface area contributed by atoms with Crippen LogP contribution >= 0.6 is 0 Å². The minimum atomic E-state index is -0.932. The van der Waals surface area contributed by atoms with E-state index in [1.807, 2.05) is 0 Å². The number of hydrogen-bond donors (Lipinski definition) is 3. The van der Waals surface area contributed by atoms with Crippen LogP contribution in [0.2, 0.25) is 0 Å². The predicted octanol–water partition coefficient (Wildman–Crippen LogP) is 4.06. The largest absolute Gasteiger partial charge is 0.516 e. The average Bonchev–Trinajstić information content (AvgIpc) is 3.14. The van der Waals surface area contributed by atoms with E-state index in [9.17, 15) is 24.9 Å². The Morgan fingerprint density at radius 3 is 2.32 bits per heavy atom. The van der Waals surface area contributed by atoms with Gasteiger partial charge in [-0.15, -0.1) is 0 Å². The van der Waals surface area contributed by atoms with Crippen LogP contribution in [0.1, 0.15) is 85.5 Å². The maximum atomic E-state index is 12.1. The van der Waals surface area contributed by atoms with Gasteiger partial charge in [0.2, 0.25) is 0 Å². The van der Waals surface area contributed by atoms with E-state index in [4.69, 9.17) is 4.74 Å². The normalized spacial score (nSPS) is 46.6. The molecule has 194 valence electrons. The zero-order valence-corrected chi connectivity index (χ0v) is 21.2. The maximum Gasteiger partial charge on any atom is 0.516 e. The zero-order chi connectivity index (χ0) is 24.8. The first kappa shape index (κ1) is 25.9. The molecule has 4 fully saturated rings. The number of ether oxygens (including phenoxy) is 2. The van der Waals surface area contributed by atoms with E-state index in [0.717, 1.165) is 38.5 Å². The highest BCUT2D eigenvalue weighted by Crippen LogP contribution is 2.68. The van der Waals surface area contributed by atoms with Crippen molar-refractivity contribution in [1.29, 1.82) is 0 Å². The van der Waals surface area contributed by atoms with Crippen molar-refractivity contribution in [1.82, 2.24) is 0 Å². The fraction of sp³-hybridized carbons (Fsp3) is 0.926. The zero-order valence-electron chi connectivity index (χ0n) is 21.2. The number of aliphatic hydroxyl groups is 3. The Labute approximate surface area is 203 Å². The first-order valence-electron chi connectivity index (χ1n) is 13.4. The molecule has 0 bridgehead atoms. The summed E-state index contributed by atoms with van der Waals surface area (Å²) in [6.45, 7) is 8.68. The Morgan fingerprint density at radius 1 is 0.941 bits per heavy atom. The Hall–Kier alpha value is -1.18. The minimum absolute atomic E-state index is 0.0373. The van der Waals surface area contributed by atoms with Gasteiger partial charge in [0.25, 0.3) is 0 Å². The molecule has 4 rings (SSSR count). The van der Waals surface area contributed by atoms with Gasteiger partial charge < -0.3 is 24.8 Å². The van der Waals surface area contributed by atoms with Crippen molar-refractivity contribution in [3.8, 4) is 0 Å². The van der Waals surface area contributed by atoms with Crippen molar-refractivity contribution in [2.24, 2.45) is 46.3 Å². The predicted molar refractivity (Wildman–Crippen MR) is 126 cm³/mol. The lowest BCUT2D eigenvalue weighted by Gasteiger charge is -2.63. The van der Waals surface area contributed by atoms with E-state index < -0.39 is 24.3 Å². The third kappa shape index (κ3) is 4.30. The molecule has 0 spiro atoms. The van der Waals surface area contributed by atoms with Crippen LogP contribution in [-0.4, -0.2) is 52.4 Å². The summed E-state index contributed by atoms with van der Waals surface area (Å²) in [7, 11) is 0. The number of rotatable bonds is 5. The molecular weight excluding hydrogens is 436 g/mol. The molecule has 0 aromatic rings. The summed E-state index contributed by atoms with van der Waals surface area (Å²) in [4.78, 5) is 23.5. The molecule has 0 unspecified atom stereocenters.